The maximum Gasteiger partial charge on any atom is 0.238 e. The third-order valence-corrected chi connectivity index (χ3v) is 1.21. The highest BCUT2D eigenvalue weighted by Crippen LogP contribution is 1.95. The predicted molar refractivity (Wildman–Crippen MR) is 45.2 cm³/mol. The van der Waals surface area contributed by atoms with Crippen LogP contribution in [0.1, 0.15) is 27.7 Å². The van der Waals surface area contributed by atoms with Gasteiger partial charge in [-0.2, -0.15) is 0 Å². The van der Waals surface area contributed by atoms with Crippen molar-refractivity contribution >= 4 is 13.3 Å². The van der Waals surface area contributed by atoms with Gasteiger partial charge in [-0.15, -0.1) is 0 Å². The van der Waals surface area contributed by atoms with E-state index in [2.05, 4.69) is 19.1 Å². The van der Waals surface area contributed by atoms with Gasteiger partial charge in [0.15, 0.2) is 0 Å². The average Bonchev–Trinajstić information content (AvgIpc) is 1.82. The smallest absolute Gasteiger partial charge is 0.238 e. The second kappa shape index (κ2) is 4.37. The first-order chi connectivity index (χ1) is 4.54. The highest BCUT2D eigenvalue weighted by Gasteiger charge is 2.06. The molecule has 2 nitrogen and oxygen atoms in total. The van der Waals surface area contributed by atoms with E-state index in [1.54, 1.807) is 0 Å². The molecular formula is C7H16BNO. The summed E-state index contributed by atoms with van der Waals surface area (Å²) in [4.78, 5) is 10.9. The Morgan fingerprint density at radius 3 is 2.10 bits per heavy atom. The van der Waals surface area contributed by atoms with Gasteiger partial charge < -0.3 is 5.23 Å². The van der Waals surface area contributed by atoms with Gasteiger partial charge in [-0.3, -0.25) is 4.79 Å². The van der Waals surface area contributed by atoms with E-state index in [9.17, 15) is 4.79 Å². The SMILES string of the molecule is CC(C)BNC(=O)C(C)C. The molecule has 1 N–H and O–H groups in total. The first-order valence-corrected chi connectivity index (χ1v) is 3.81. The summed E-state index contributed by atoms with van der Waals surface area (Å²) < 4.78 is 0. The second-order valence-electron chi connectivity index (χ2n) is 3.29. The number of hydrogen-bond acceptors (Lipinski definition) is 1. The van der Waals surface area contributed by atoms with Gasteiger partial charge >= 0.3 is 0 Å². The Balaban J connectivity index is 3.40. The van der Waals surface area contributed by atoms with Crippen molar-refractivity contribution in [2.24, 2.45) is 5.92 Å². The number of carbonyl (C=O) groups excluding carboxylic acids is 1. The molecule has 0 spiro atoms. The van der Waals surface area contributed by atoms with Crippen LogP contribution in [0.5, 0.6) is 0 Å². The van der Waals surface area contributed by atoms with E-state index in [0.717, 1.165) is 7.41 Å². The molecule has 0 aromatic heterocycles. The van der Waals surface area contributed by atoms with Crippen molar-refractivity contribution in [3.8, 4) is 0 Å². The summed E-state index contributed by atoms with van der Waals surface area (Å²) >= 11 is 0. The number of nitrogens with one attached hydrogen (secondary N) is 1. The molecule has 0 saturated carbocycles. The molecule has 0 aliphatic heterocycles. The third-order valence-electron chi connectivity index (χ3n) is 1.21. The van der Waals surface area contributed by atoms with Crippen LogP contribution in [-0.4, -0.2) is 13.3 Å². The minimum Gasteiger partial charge on any atom is -0.402 e. The number of amides is 1. The van der Waals surface area contributed by atoms with Crippen molar-refractivity contribution in [2.45, 2.75) is 33.5 Å². The van der Waals surface area contributed by atoms with Gasteiger partial charge in [-0.05, 0) is 0 Å². The summed E-state index contributed by atoms with van der Waals surface area (Å²) in [6.45, 7) is 7.96. The molecule has 0 aromatic rings. The summed E-state index contributed by atoms with van der Waals surface area (Å²) in [5.41, 5.74) is 0. The van der Waals surface area contributed by atoms with Crippen molar-refractivity contribution < 1.29 is 4.79 Å². The fourth-order valence-corrected chi connectivity index (χ4v) is 0.509. The van der Waals surface area contributed by atoms with Crippen LogP contribution in [0.4, 0.5) is 0 Å². The molecule has 0 fully saturated rings. The Hall–Kier alpha value is -0.465. The molecule has 1 amide bonds. The monoisotopic (exact) mass is 141 g/mol. The van der Waals surface area contributed by atoms with Crippen LogP contribution in [-0.2, 0) is 4.79 Å². The van der Waals surface area contributed by atoms with Gasteiger partial charge in [0.1, 0.15) is 0 Å². The van der Waals surface area contributed by atoms with Gasteiger partial charge in [0, 0.05) is 5.92 Å². The zero-order chi connectivity index (χ0) is 8.15. The van der Waals surface area contributed by atoms with Crippen molar-refractivity contribution in [1.29, 1.82) is 0 Å². The largest absolute Gasteiger partial charge is 0.402 e. The average molecular weight is 141 g/mol. The highest BCUT2D eigenvalue weighted by atomic mass is 16.1. The summed E-state index contributed by atoms with van der Waals surface area (Å²) in [7, 11) is 0.789. The van der Waals surface area contributed by atoms with Crippen molar-refractivity contribution in [3.63, 3.8) is 0 Å². The summed E-state index contributed by atoms with van der Waals surface area (Å²) in [6.07, 6.45) is 0. The van der Waals surface area contributed by atoms with Crippen LogP contribution in [0.2, 0.25) is 5.82 Å². The van der Waals surface area contributed by atoms with Gasteiger partial charge in [-0.25, -0.2) is 0 Å². The minimum absolute atomic E-state index is 0.110. The molecular weight excluding hydrogens is 125 g/mol. The summed E-state index contributed by atoms with van der Waals surface area (Å²) in [6, 6.07) is 0. The van der Waals surface area contributed by atoms with E-state index >= 15 is 0 Å². The van der Waals surface area contributed by atoms with Crippen LogP contribution >= 0.6 is 0 Å². The van der Waals surface area contributed by atoms with E-state index in [0.29, 0.717) is 5.82 Å². The Morgan fingerprint density at radius 1 is 1.30 bits per heavy atom. The molecule has 3 heteroatoms. The van der Waals surface area contributed by atoms with Crippen LogP contribution in [0.25, 0.3) is 0 Å². The molecule has 0 saturated heterocycles. The Labute approximate surface area is 63.7 Å². The Bertz CT molecular complexity index is 112. The van der Waals surface area contributed by atoms with Gasteiger partial charge in [0.2, 0.25) is 13.3 Å². The molecule has 0 aliphatic rings. The fourth-order valence-electron chi connectivity index (χ4n) is 0.509. The van der Waals surface area contributed by atoms with Crippen molar-refractivity contribution in [1.82, 2.24) is 5.23 Å². The van der Waals surface area contributed by atoms with E-state index in [4.69, 9.17) is 0 Å². The summed E-state index contributed by atoms with van der Waals surface area (Å²) in [5, 5.41) is 2.84. The lowest BCUT2D eigenvalue weighted by Gasteiger charge is -2.07. The molecule has 0 radical (unpaired) electrons. The maximum atomic E-state index is 10.9. The molecule has 0 aliphatic carbocycles. The zero-order valence-electron chi connectivity index (χ0n) is 7.27. The highest BCUT2D eigenvalue weighted by molar-refractivity contribution is 6.38. The normalized spacial score (nSPS) is 10.2. The number of rotatable bonds is 3. The summed E-state index contributed by atoms with van der Waals surface area (Å²) in [5.74, 6) is 0.801. The molecule has 10 heavy (non-hydrogen) atoms. The molecule has 0 unspecified atom stereocenters. The molecule has 0 atom stereocenters. The van der Waals surface area contributed by atoms with Crippen molar-refractivity contribution in [3.05, 3.63) is 0 Å². The first kappa shape index (κ1) is 9.53. The Kier molecular flexibility index (Phi) is 4.16. The minimum atomic E-state index is 0.110. The molecule has 58 valence electrons. The van der Waals surface area contributed by atoms with Crippen LogP contribution in [0, 0.1) is 5.92 Å². The number of hydrogen-bond donors (Lipinski definition) is 1. The second-order valence-corrected chi connectivity index (χ2v) is 3.29. The van der Waals surface area contributed by atoms with Gasteiger partial charge in [-0.1, -0.05) is 33.5 Å². The molecule has 0 aromatic carbocycles. The fraction of sp³-hybridized carbons (Fsp3) is 0.857. The van der Waals surface area contributed by atoms with E-state index in [1.165, 1.54) is 0 Å². The van der Waals surface area contributed by atoms with E-state index in [-0.39, 0.29) is 11.8 Å². The van der Waals surface area contributed by atoms with Gasteiger partial charge in [0.05, 0.1) is 0 Å². The maximum absolute atomic E-state index is 10.9. The van der Waals surface area contributed by atoms with Crippen LogP contribution < -0.4 is 5.23 Å². The lowest BCUT2D eigenvalue weighted by Crippen LogP contribution is -2.32. The van der Waals surface area contributed by atoms with E-state index < -0.39 is 0 Å². The zero-order valence-corrected chi connectivity index (χ0v) is 7.27. The lowest BCUT2D eigenvalue weighted by atomic mass is 9.78. The molecule has 0 bridgehead atoms. The molecule has 0 heterocycles. The quantitative estimate of drug-likeness (QED) is 0.582. The third kappa shape index (κ3) is 4.42. The predicted octanol–water partition coefficient (Wildman–Crippen LogP) is 0.938. The lowest BCUT2D eigenvalue weighted by molar-refractivity contribution is -0.122. The van der Waals surface area contributed by atoms with Crippen LogP contribution in [0.3, 0.4) is 0 Å². The van der Waals surface area contributed by atoms with Gasteiger partial charge in [0.25, 0.3) is 0 Å². The first-order valence-electron chi connectivity index (χ1n) is 3.81. The topological polar surface area (TPSA) is 29.1 Å². The van der Waals surface area contributed by atoms with Crippen LogP contribution in [0.15, 0.2) is 0 Å². The van der Waals surface area contributed by atoms with Crippen molar-refractivity contribution in [2.75, 3.05) is 0 Å². The Morgan fingerprint density at radius 2 is 1.80 bits per heavy atom. The molecule has 0 rings (SSSR count). The standard InChI is InChI=1S/C7H16BNO/c1-5(2)7(10)9-8-6(3)4/h5-6,8H,1-4H3,(H,9,10). The van der Waals surface area contributed by atoms with E-state index in [1.807, 2.05) is 13.8 Å². The number of carbonyl (C=O) groups is 1.